The van der Waals surface area contributed by atoms with E-state index in [2.05, 4.69) is 15.5 Å². The Kier molecular flexibility index (Phi) is 5.15. The zero-order valence-corrected chi connectivity index (χ0v) is 13.9. The molecule has 2 aromatic rings. The van der Waals surface area contributed by atoms with E-state index in [1.807, 2.05) is 41.8 Å². The Hall–Kier alpha value is -2.05. The highest BCUT2D eigenvalue weighted by Gasteiger charge is 2.19. The van der Waals surface area contributed by atoms with Crippen molar-refractivity contribution in [2.24, 2.45) is 0 Å². The van der Waals surface area contributed by atoms with E-state index in [1.54, 1.807) is 7.11 Å². The van der Waals surface area contributed by atoms with Gasteiger partial charge in [-0.25, -0.2) is 4.79 Å². The fraction of sp³-hybridized carbons (Fsp3) is 0.353. The molecular weight excluding hydrogens is 310 g/mol. The van der Waals surface area contributed by atoms with Crippen LogP contribution in [0.5, 0.6) is 0 Å². The van der Waals surface area contributed by atoms with Crippen LogP contribution in [0.25, 0.3) is 0 Å². The molecule has 122 valence electrons. The van der Waals surface area contributed by atoms with Crippen molar-refractivity contribution in [2.75, 3.05) is 35.7 Å². The van der Waals surface area contributed by atoms with E-state index in [0.29, 0.717) is 6.10 Å². The lowest BCUT2D eigenvalue weighted by Crippen LogP contribution is -2.39. The monoisotopic (exact) mass is 331 g/mol. The van der Waals surface area contributed by atoms with Crippen LogP contribution in [0.2, 0.25) is 0 Å². The average molecular weight is 331 g/mol. The standard InChI is InChI=1S/C17H21N3O2S/c1-22-15-4-2-10-20(12-15)14-8-6-13(7-9-14)18-17(21)19-16-5-3-11-23-16/h3,5-9,11,15H,2,4,10,12H2,1H3,(H2,18,19,21)/t15-/m1/s1. The number of anilines is 3. The summed E-state index contributed by atoms with van der Waals surface area (Å²) in [5, 5.41) is 8.41. The quantitative estimate of drug-likeness (QED) is 0.890. The predicted octanol–water partition coefficient (Wildman–Crippen LogP) is 4.01. The molecule has 0 radical (unpaired) electrons. The molecule has 2 heterocycles. The van der Waals surface area contributed by atoms with Crippen molar-refractivity contribution in [3.63, 3.8) is 0 Å². The maximum absolute atomic E-state index is 11.9. The van der Waals surface area contributed by atoms with Gasteiger partial charge in [-0.2, -0.15) is 0 Å². The van der Waals surface area contributed by atoms with Gasteiger partial charge in [0, 0.05) is 31.6 Å². The molecule has 1 saturated heterocycles. The number of thiophene rings is 1. The Morgan fingerprint density at radius 3 is 2.78 bits per heavy atom. The number of hydrogen-bond acceptors (Lipinski definition) is 4. The molecule has 0 spiro atoms. The first-order valence-electron chi connectivity index (χ1n) is 7.74. The lowest BCUT2D eigenvalue weighted by atomic mass is 10.1. The molecule has 3 rings (SSSR count). The van der Waals surface area contributed by atoms with Crippen LogP contribution in [0.15, 0.2) is 41.8 Å². The number of nitrogens with zero attached hydrogens (tertiary/aromatic N) is 1. The fourth-order valence-electron chi connectivity index (χ4n) is 2.74. The maximum atomic E-state index is 11.9. The van der Waals surface area contributed by atoms with Gasteiger partial charge in [0.05, 0.1) is 11.1 Å². The molecule has 0 saturated carbocycles. The highest BCUT2D eigenvalue weighted by atomic mass is 32.1. The second-order valence-electron chi connectivity index (χ2n) is 5.55. The van der Waals surface area contributed by atoms with E-state index in [-0.39, 0.29) is 6.03 Å². The topological polar surface area (TPSA) is 53.6 Å². The summed E-state index contributed by atoms with van der Waals surface area (Å²) in [6.07, 6.45) is 2.56. The average Bonchev–Trinajstić information content (AvgIpc) is 3.08. The molecular formula is C17H21N3O2S. The Morgan fingerprint density at radius 1 is 1.26 bits per heavy atom. The number of carbonyl (C=O) groups excluding carboxylic acids is 1. The molecule has 1 atom stereocenters. The molecule has 2 N–H and O–H groups in total. The van der Waals surface area contributed by atoms with E-state index in [1.165, 1.54) is 11.3 Å². The summed E-state index contributed by atoms with van der Waals surface area (Å²) >= 11 is 1.49. The lowest BCUT2D eigenvalue weighted by molar-refractivity contribution is 0.0893. The normalized spacial score (nSPS) is 17.8. The Bertz CT molecular complexity index is 628. The summed E-state index contributed by atoms with van der Waals surface area (Å²) in [6.45, 7) is 1.97. The van der Waals surface area contributed by atoms with Crippen molar-refractivity contribution in [2.45, 2.75) is 18.9 Å². The van der Waals surface area contributed by atoms with Crippen LogP contribution < -0.4 is 15.5 Å². The van der Waals surface area contributed by atoms with Crippen molar-refractivity contribution >= 4 is 33.7 Å². The number of amides is 2. The SMILES string of the molecule is CO[C@@H]1CCCN(c2ccc(NC(=O)Nc3cccs3)cc2)C1. The zero-order chi connectivity index (χ0) is 16.1. The minimum Gasteiger partial charge on any atom is -0.380 e. The molecule has 1 aromatic heterocycles. The van der Waals surface area contributed by atoms with Gasteiger partial charge in [0.1, 0.15) is 0 Å². The third kappa shape index (κ3) is 4.24. The smallest absolute Gasteiger partial charge is 0.324 e. The number of hydrogen-bond donors (Lipinski definition) is 2. The number of piperidine rings is 1. The van der Waals surface area contributed by atoms with Gasteiger partial charge in [-0.3, -0.25) is 5.32 Å². The lowest BCUT2D eigenvalue weighted by Gasteiger charge is -2.33. The van der Waals surface area contributed by atoms with Gasteiger partial charge in [-0.15, -0.1) is 11.3 Å². The summed E-state index contributed by atoms with van der Waals surface area (Å²) in [4.78, 5) is 14.2. The van der Waals surface area contributed by atoms with Crippen LogP contribution >= 0.6 is 11.3 Å². The van der Waals surface area contributed by atoms with Crippen LogP contribution in [-0.4, -0.2) is 32.3 Å². The first-order valence-corrected chi connectivity index (χ1v) is 8.62. The fourth-order valence-corrected chi connectivity index (χ4v) is 3.36. The summed E-state index contributed by atoms with van der Waals surface area (Å²) in [6, 6.07) is 11.5. The molecule has 5 nitrogen and oxygen atoms in total. The Labute approximate surface area is 140 Å². The van der Waals surface area contributed by atoms with Gasteiger partial charge < -0.3 is 15.0 Å². The summed E-state index contributed by atoms with van der Waals surface area (Å²) in [7, 11) is 1.77. The molecule has 1 aliphatic heterocycles. The minimum atomic E-state index is -0.224. The van der Waals surface area contributed by atoms with Crippen LogP contribution in [0.1, 0.15) is 12.8 Å². The van der Waals surface area contributed by atoms with Crippen molar-refractivity contribution in [1.29, 1.82) is 0 Å². The van der Waals surface area contributed by atoms with Crippen molar-refractivity contribution in [3.05, 3.63) is 41.8 Å². The van der Waals surface area contributed by atoms with Gasteiger partial charge in [0.25, 0.3) is 0 Å². The first-order chi connectivity index (χ1) is 11.2. The van der Waals surface area contributed by atoms with E-state index in [9.17, 15) is 4.79 Å². The number of methoxy groups -OCH3 is 1. The number of rotatable bonds is 4. The maximum Gasteiger partial charge on any atom is 0.324 e. The van der Waals surface area contributed by atoms with E-state index < -0.39 is 0 Å². The number of urea groups is 1. The zero-order valence-electron chi connectivity index (χ0n) is 13.1. The number of ether oxygens (including phenoxy) is 1. The molecule has 6 heteroatoms. The van der Waals surface area contributed by atoms with Crippen molar-refractivity contribution < 1.29 is 9.53 Å². The molecule has 23 heavy (non-hydrogen) atoms. The van der Waals surface area contributed by atoms with Gasteiger partial charge in [0.2, 0.25) is 0 Å². The number of nitrogens with one attached hydrogen (secondary N) is 2. The van der Waals surface area contributed by atoms with Gasteiger partial charge >= 0.3 is 6.03 Å². The number of benzene rings is 1. The van der Waals surface area contributed by atoms with Gasteiger partial charge in [0.15, 0.2) is 0 Å². The highest BCUT2D eigenvalue weighted by molar-refractivity contribution is 7.14. The third-order valence-corrected chi connectivity index (χ3v) is 4.75. The number of carbonyl (C=O) groups is 1. The second-order valence-corrected chi connectivity index (χ2v) is 6.50. The van der Waals surface area contributed by atoms with Crippen LogP contribution in [0.3, 0.4) is 0 Å². The Morgan fingerprint density at radius 2 is 2.09 bits per heavy atom. The molecule has 1 aromatic carbocycles. The van der Waals surface area contributed by atoms with Gasteiger partial charge in [-0.05, 0) is 54.6 Å². The highest BCUT2D eigenvalue weighted by Crippen LogP contribution is 2.23. The predicted molar refractivity (Wildman–Crippen MR) is 95.6 cm³/mol. The molecule has 2 amide bonds. The van der Waals surface area contributed by atoms with Crippen LogP contribution in [-0.2, 0) is 4.74 Å². The van der Waals surface area contributed by atoms with Crippen molar-refractivity contribution in [3.8, 4) is 0 Å². The summed E-state index contributed by atoms with van der Waals surface area (Å²) in [5.74, 6) is 0. The third-order valence-electron chi connectivity index (χ3n) is 3.96. The molecule has 0 bridgehead atoms. The van der Waals surface area contributed by atoms with E-state index in [4.69, 9.17) is 4.74 Å². The molecule has 1 fully saturated rings. The van der Waals surface area contributed by atoms with E-state index >= 15 is 0 Å². The Balaban J connectivity index is 1.57. The van der Waals surface area contributed by atoms with Crippen LogP contribution in [0, 0.1) is 0 Å². The molecule has 0 unspecified atom stereocenters. The van der Waals surface area contributed by atoms with Crippen LogP contribution in [0.4, 0.5) is 21.2 Å². The molecule has 0 aliphatic carbocycles. The minimum absolute atomic E-state index is 0.224. The molecule has 1 aliphatic rings. The largest absolute Gasteiger partial charge is 0.380 e. The summed E-state index contributed by atoms with van der Waals surface area (Å²) in [5.41, 5.74) is 1.94. The summed E-state index contributed by atoms with van der Waals surface area (Å²) < 4.78 is 5.46. The second kappa shape index (κ2) is 7.48. The van der Waals surface area contributed by atoms with E-state index in [0.717, 1.165) is 42.3 Å². The first kappa shape index (κ1) is 15.8. The van der Waals surface area contributed by atoms with Crippen molar-refractivity contribution in [1.82, 2.24) is 0 Å². The van der Waals surface area contributed by atoms with Gasteiger partial charge in [-0.1, -0.05) is 0 Å².